The largest absolute Gasteiger partial charge is 0.522 e. The Morgan fingerprint density at radius 1 is 1.00 bits per heavy atom. The van der Waals surface area contributed by atoms with Crippen LogP contribution in [0.3, 0.4) is 0 Å². The molecule has 1 aromatic rings. The molecular weight excluding hydrogens is 476 g/mol. The van der Waals surface area contributed by atoms with Gasteiger partial charge in [0.25, 0.3) is 0 Å². The Hall–Kier alpha value is -1.93. The SMILES string of the molecule is O=C(CO[C@H]1C[C@@H](COC(F)(F)F)C1)NC12CC(c3nnc([C@H]4C[C@@H](OC(F)(F)F)C4)o3)(C1)C2. The normalized spacial score (nSPS) is 36.6. The van der Waals surface area contributed by atoms with Gasteiger partial charge < -0.3 is 14.5 Å². The molecule has 190 valence electrons. The van der Waals surface area contributed by atoms with Crippen molar-refractivity contribution in [2.75, 3.05) is 13.2 Å². The summed E-state index contributed by atoms with van der Waals surface area (Å²) in [6.07, 6.45) is -7.39. The Labute approximate surface area is 189 Å². The Morgan fingerprint density at radius 3 is 2.29 bits per heavy atom. The van der Waals surface area contributed by atoms with Crippen LogP contribution in [0.2, 0.25) is 0 Å². The van der Waals surface area contributed by atoms with Crippen LogP contribution in [-0.4, -0.2) is 59.8 Å². The molecular formula is C20H23F6N3O5. The molecule has 1 N–H and O–H groups in total. The summed E-state index contributed by atoms with van der Waals surface area (Å²) in [4.78, 5) is 12.2. The van der Waals surface area contributed by atoms with Crippen molar-refractivity contribution < 1.29 is 49.8 Å². The van der Waals surface area contributed by atoms with Gasteiger partial charge in [0.15, 0.2) is 0 Å². The van der Waals surface area contributed by atoms with E-state index in [4.69, 9.17) is 9.15 Å². The zero-order valence-electron chi connectivity index (χ0n) is 17.9. The van der Waals surface area contributed by atoms with Gasteiger partial charge >= 0.3 is 12.7 Å². The van der Waals surface area contributed by atoms with Crippen molar-refractivity contribution in [1.29, 1.82) is 0 Å². The molecule has 1 amide bonds. The van der Waals surface area contributed by atoms with E-state index in [1.165, 1.54) is 0 Å². The van der Waals surface area contributed by atoms with E-state index in [0.717, 1.165) is 0 Å². The van der Waals surface area contributed by atoms with E-state index in [-0.39, 0.29) is 54.2 Å². The maximum Gasteiger partial charge on any atom is 0.522 e. The fraction of sp³-hybridized carbons (Fsp3) is 0.850. The Morgan fingerprint density at radius 2 is 1.68 bits per heavy atom. The van der Waals surface area contributed by atoms with Gasteiger partial charge in [0.05, 0.1) is 24.2 Å². The van der Waals surface area contributed by atoms with Crippen molar-refractivity contribution in [1.82, 2.24) is 15.5 Å². The first kappa shape index (κ1) is 23.8. The van der Waals surface area contributed by atoms with Gasteiger partial charge in [0.1, 0.15) is 6.61 Å². The number of carbonyl (C=O) groups is 1. The molecule has 6 rings (SSSR count). The summed E-state index contributed by atoms with van der Waals surface area (Å²) in [7, 11) is 0. The number of aromatic nitrogens is 2. The van der Waals surface area contributed by atoms with Crippen LogP contribution >= 0.6 is 0 Å². The first-order valence-corrected chi connectivity index (χ1v) is 11.0. The van der Waals surface area contributed by atoms with E-state index in [1.807, 2.05) is 0 Å². The van der Waals surface area contributed by atoms with Gasteiger partial charge in [-0.2, -0.15) is 0 Å². The monoisotopic (exact) mass is 499 g/mol. The average molecular weight is 499 g/mol. The molecule has 8 nitrogen and oxygen atoms in total. The molecule has 5 fully saturated rings. The van der Waals surface area contributed by atoms with Gasteiger partial charge in [-0.1, -0.05) is 0 Å². The van der Waals surface area contributed by atoms with Gasteiger partial charge in [-0.05, 0) is 50.9 Å². The lowest BCUT2D eigenvalue weighted by atomic mass is 9.39. The minimum absolute atomic E-state index is 0.167. The van der Waals surface area contributed by atoms with Gasteiger partial charge in [-0.15, -0.1) is 36.5 Å². The predicted octanol–water partition coefficient (Wildman–Crippen LogP) is 3.47. The molecule has 2 bridgehead atoms. The quantitative estimate of drug-likeness (QED) is 0.520. The number of hydrogen-bond acceptors (Lipinski definition) is 7. The minimum atomic E-state index is -4.66. The summed E-state index contributed by atoms with van der Waals surface area (Å²) >= 11 is 0. The predicted molar refractivity (Wildman–Crippen MR) is 98.1 cm³/mol. The topological polar surface area (TPSA) is 95.7 Å². The molecule has 0 spiro atoms. The number of alkyl halides is 6. The number of rotatable bonds is 9. The number of halogens is 6. The lowest BCUT2D eigenvalue weighted by molar-refractivity contribution is -0.352. The van der Waals surface area contributed by atoms with Crippen LogP contribution in [0.4, 0.5) is 26.3 Å². The highest BCUT2D eigenvalue weighted by Gasteiger charge is 2.72. The van der Waals surface area contributed by atoms with E-state index in [2.05, 4.69) is 25.0 Å². The van der Waals surface area contributed by atoms with Crippen LogP contribution in [0.15, 0.2) is 4.42 Å². The Balaban J connectivity index is 0.992. The van der Waals surface area contributed by atoms with Crippen LogP contribution in [-0.2, 0) is 24.4 Å². The van der Waals surface area contributed by atoms with Gasteiger partial charge in [0, 0.05) is 11.5 Å². The molecule has 5 saturated carbocycles. The van der Waals surface area contributed by atoms with Crippen LogP contribution in [0.25, 0.3) is 0 Å². The molecule has 34 heavy (non-hydrogen) atoms. The molecule has 5 aliphatic rings. The van der Waals surface area contributed by atoms with Crippen molar-refractivity contribution in [3.05, 3.63) is 11.8 Å². The van der Waals surface area contributed by atoms with E-state index in [1.54, 1.807) is 0 Å². The van der Waals surface area contributed by atoms with E-state index in [9.17, 15) is 31.1 Å². The number of nitrogens with one attached hydrogen (secondary N) is 1. The summed E-state index contributed by atoms with van der Waals surface area (Å²) in [5.41, 5.74) is -0.676. The Bertz CT molecular complexity index is 903. The summed E-state index contributed by atoms with van der Waals surface area (Å²) in [6, 6.07) is 0. The third-order valence-corrected chi connectivity index (χ3v) is 7.20. The van der Waals surface area contributed by atoms with Crippen LogP contribution in [0, 0.1) is 5.92 Å². The first-order chi connectivity index (χ1) is 15.8. The highest BCUT2D eigenvalue weighted by Crippen LogP contribution is 2.67. The molecule has 0 radical (unpaired) electrons. The first-order valence-electron chi connectivity index (χ1n) is 11.0. The molecule has 0 saturated heterocycles. The lowest BCUT2D eigenvalue weighted by Gasteiger charge is -2.68. The van der Waals surface area contributed by atoms with Crippen LogP contribution in [0.1, 0.15) is 62.6 Å². The highest BCUT2D eigenvalue weighted by atomic mass is 19.4. The molecule has 1 heterocycles. The third-order valence-electron chi connectivity index (χ3n) is 7.20. The van der Waals surface area contributed by atoms with Crippen LogP contribution < -0.4 is 5.32 Å². The minimum Gasteiger partial charge on any atom is -0.424 e. The van der Waals surface area contributed by atoms with Crippen molar-refractivity contribution in [3.63, 3.8) is 0 Å². The number of nitrogens with zero attached hydrogens (tertiary/aromatic N) is 2. The molecule has 5 aliphatic carbocycles. The number of carbonyl (C=O) groups excluding carboxylic acids is 1. The van der Waals surface area contributed by atoms with E-state index in [0.29, 0.717) is 43.9 Å². The van der Waals surface area contributed by atoms with Crippen molar-refractivity contribution in [2.24, 2.45) is 5.92 Å². The number of amides is 1. The van der Waals surface area contributed by atoms with Crippen molar-refractivity contribution in [2.45, 2.75) is 86.8 Å². The molecule has 0 atom stereocenters. The second kappa shape index (κ2) is 8.05. The third kappa shape index (κ3) is 4.89. The summed E-state index contributed by atoms with van der Waals surface area (Å²) < 4.78 is 91.8. The van der Waals surface area contributed by atoms with Crippen molar-refractivity contribution >= 4 is 5.91 Å². The standard InChI is InChI=1S/C20H23F6N3O5/c21-19(22,23)32-5-10-1-12(2-10)31-6-14(30)27-18-7-17(8-18,9-18)16-29-28-15(33-16)11-3-13(4-11)34-20(24,25)26/h10-13H,1-9H2,(H,27,30)/t10-,11-,12+,13+,17?,18?. The molecule has 1 aromatic heterocycles. The zero-order chi connectivity index (χ0) is 24.4. The van der Waals surface area contributed by atoms with E-state index >= 15 is 0 Å². The fourth-order valence-electron chi connectivity index (χ4n) is 5.50. The second-order valence-corrected chi connectivity index (χ2v) is 9.97. The number of hydrogen-bond donors (Lipinski definition) is 1. The zero-order valence-corrected chi connectivity index (χ0v) is 17.9. The maximum atomic E-state index is 12.2. The smallest absolute Gasteiger partial charge is 0.424 e. The van der Waals surface area contributed by atoms with Gasteiger partial charge in [-0.3, -0.25) is 14.3 Å². The fourth-order valence-corrected chi connectivity index (χ4v) is 5.50. The molecule has 0 aromatic carbocycles. The second-order valence-electron chi connectivity index (χ2n) is 9.97. The van der Waals surface area contributed by atoms with Crippen molar-refractivity contribution in [3.8, 4) is 0 Å². The Kier molecular flexibility index (Phi) is 5.63. The van der Waals surface area contributed by atoms with Crippen LogP contribution in [0.5, 0.6) is 0 Å². The summed E-state index contributed by atoms with van der Waals surface area (Å²) in [5, 5.41) is 11.0. The van der Waals surface area contributed by atoms with Gasteiger partial charge in [-0.25, -0.2) is 0 Å². The average Bonchev–Trinajstić information content (AvgIpc) is 3.05. The van der Waals surface area contributed by atoms with Gasteiger partial charge in [0.2, 0.25) is 17.7 Å². The summed E-state index contributed by atoms with van der Waals surface area (Å²) in [5.74, 6) is -0.0173. The summed E-state index contributed by atoms with van der Waals surface area (Å²) in [6.45, 7) is -0.569. The molecule has 0 aliphatic heterocycles. The maximum absolute atomic E-state index is 12.2. The number of ether oxygens (including phenoxy) is 3. The molecule has 14 heteroatoms. The molecule has 0 unspecified atom stereocenters. The lowest BCUT2D eigenvalue weighted by Crippen LogP contribution is -2.77. The highest BCUT2D eigenvalue weighted by molar-refractivity contribution is 5.79. The van der Waals surface area contributed by atoms with E-state index < -0.39 is 25.4 Å².